The summed E-state index contributed by atoms with van der Waals surface area (Å²) < 4.78 is 0. The number of aliphatic carboxylic acids is 1. The molecule has 2 atom stereocenters. The van der Waals surface area contributed by atoms with Crippen LogP contribution in [0.2, 0.25) is 0 Å². The fraction of sp³-hybridized carbons (Fsp3) is 0.381. The number of thiophene rings is 1. The van der Waals surface area contributed by atoms with E-state index in [-0.39, 0.29) is 18.1 Å². The van der Waals surface area contributed by atoms with Gasteiger partial charge < -0.3 is 10.4 Å². The number of hydrogen-bond acceptors (Lipinski definition) is 4. The average Bonchev–Trinajstić information content (AvgIpc) is 3.15. The Labute approximate surface area is 163 Å². The third-order valence-electron chi connectivity index (χ3n) is 4.25. The number of carboxylic acids is 1. The molecular formula is C21H25NO4S. The Hall–Kier alpha value is -2.47. The van der Waals surface area contributed by atoms with Crippen LogP contribution < -0.4 is 5.32 Å². The molecule has 2 aromatic rings. The SMILES string of the molecule is CC(C)C[C@@H](NC(=O)C(CC(=O)c1cccs1)Cc1ccccc1)C(=O)O. The molecule has 27 heavy (non-hydrogen) atoms. The lowest BCUT2D eigenvalue weighted by Gasteiger charge is -2.21. The molecule has 0 saturated heterocycles. The fourth-order valence-electron chi connectivity index (χ4n) is 2.90. The minimum absolute atomic E-state index is 0.0509. The second kappa shape index (κ2) is 10.0. The monoisotopic (exact) mass is 387 g/mol. The van der Waals surface area contributed by atoms with Gasteiger partial charge in [0.1, 0.15) is 6.04 Å². The molecule has 0 saturated carbocycles. The van der Waals surface area contributed by atoms with E-state index in [1.54, 1.807) is 12.1 Å². The Morgan fingerprint density at radius 2 is 1.78 bits per heavy atom. The predicted octanol–water partition coefficient (Wildman–Crippen LogP) is 3.80. The van der Waals surface area contributed by atoms with Crippen molar-refractivity contribution in [3.63, 3.8) is 0 Å². The van der Waals surface area contributed by atoms with Gasteiger partial charge in [-0.3, -0.25) is 9.59 Å². The van der Waals surface area contributed by atoms with Crippen LogP contribution in [0.15, 0.2) is 47.8 Å². The smallest absolute Gasteiger partial charge is 0.326 e. The molecule has 0 spiro atoms. The van der Waals surface area contributed by atoms with Gasteiger partial charge in [0.15, 0.2) is 5.78 Å². The molecule has 1 unspecified atom stereocenters. The van der Waals surface area contributed by atoms with Gasteiger partial charge in [0.25, 0.3) is 0 Å². The van der Waals surface area contributed by atoms with Crippen molar-refractivity contribution in [3.8, 4) is 0 Å². The number of rotatable bonds is 10. The minimum Gasteiger partial charge on any atom is -0.480 e. The van der Waals surface area contributed by atoms with Crippen LogP contribution in [0.1, 0.15) is 41.9 Å². The number of nitrogens with one attached hydrogen (secondary N) is 1. The number of carbonyl (C=O) groups is 3. The first-order valence-corrected chi connectivity index (χ1v) is 9.88. The molecule has 0 fully saturated rings. The maximum atomic E-state index is 12.8. The molecular weight excluding hydrogens is 362 g/mol. The molecule has 144 valence electrons. The molecule has 1 aromatic heterocycles. The molecule has 1 aromatic carbocycles. The van der Waals surface area contributed by atoms with Gasteiger partial charge in [-0.15, -0.1) is 11.3 Å². The molecule has 5 nitrogen and oxygen atoms in total. The molecule has 2 N–H and O–H groups in total. The largest absolute Gasteiger partial charge is 0.480 e. The summed E-state index contributed by atoms with van der Waals surface area (Å²) in [5.74, 6) is -2.03. The van der Waals surface area contributed by atoms with E-state index >= 15 is 0 Å². The van der Waals surface area contributed by atoms with Crippen LogP contribution in [0.5, 0.6) is 0 Å². The van der Waals surface area contributed by atoms with E-state index in [0.29, 0.717) is 17.7 Å². The van der Waals surface area contributed by atoms with Crippen molar-refractivity contribution in [3.05, 3.63) is 58.3 Å². The van der Waals surface area contributed by atoms with Gasteiger partial charge in [-0.1, -0.05) is 50.2 Å². The van der Waals surface area contributed by atoms with Crippen LogP contribution in [0, 0.1) is 11.8 Å². The fourth-order valence-corrected chi connectivity index (χ4v) is 3.58. The molecule has 0 aliphatic carbocycles. The van der Waals surface area contributed by atoms with Gasteiger partial charge in [0, 0.05) is 12.3 Å². The standard InChI is InChI=1S/C21H25NO4S/c1-14(2)11-17(21(25)26)22-20(24)16(12-15-7-4-3-5-8-15)13-18(23)19-9-6-10-27-19/h3-10,14,16-17H,11-13H2,1-2H3,(H,22,24)(H,25,26)/t16?,17-/m1/s1. The summed E-state index contributed by atoms with van der Waals surface area (Å²) in [5, 5.41) is 13.8. The molecule has 0 bridgehead atoms. The molecule has 0 aliphatic heterocycles. The average molecular weight is 388 g/mol. The van der Waals surface area contributed by atoms with E-state index in [0.717, 1.165) is 5.56 Å². The summed E-state index contributed by atoms with van der Waals surface area (Å²) in [6, 6.07) is 12.0. The first kappa shape index (κ1) is 20.8. The molecule has 1 amide bonds. The number of hydrogen-bond donors (Lipinski definition) is 2. The molecule has 6 heteroatoms. The second-order valence-corrected chi connectivity index (χ2v) is 7.97. The summed E-state index contributed by atoms with van der Waals surface area (Å²) in [6.07, 6.45) is 0.783. The zero-order valence-electron chi connectivity index (χ0n) is 15.6. The van der Waals surface area contributed by atoms with E-state index in [4.69, 9.17) is 0 Å². The van der Waals surface area contributed by atoms with Gasteiger partial charge >= 0.3 is 5.97 Å². The lowest BCUT2D eigenvalue weighted by Crippen LogP contribution is -2.45. The second-order valence-electron chi connectivity index (χ2n) is 7.02. The lowest BCUT2D eigenvalue weighted by atomic mass is 9.92. The Kier molecular flexibility index (Phi) is 7.73. The maximum Gasteiger partial charge on any atom is 0.326 e. The lowest BCUT2D eigenvalue weighted by molar-refractivity contribution is -0.142. The highest BCUT2D eigenvalue weighted by Crippen LogP contribution is 2.19. The number of benzene rings is 1. The van der Waals surface area contributed by atoms with E-state index in [2.05, 4.69) is 5.32 Å². The number of amides is 1. The summed E-state index contributed by atoms with van der Waals surface area (Å²) >= 11 is 1.34. The Bertz CT molecular complexity index is 756. The molecule has 0 aliphatic rings. The first-order chi connectivity index (χ1) is 12.9. The van der Waals surface area contributed by atoms with Gasteiger partial charge in [-0.2, -0.15) is 0 Å². The van der Waals surface area contributed by atoms with E-state index in [1.165, 1.54) is 11.3 Å². The topological polar surface area (TPSA) is 83.5 Å². The van der Waals surface area contributed by atoms with Gasteiger partial charge in [0.05, 0.1) is 4.88 Å². The number of Topliss-reactive ketones (excluding diaryl/α,β-unsaturated/α-hetero) is 1. The summed E-state index contributed by atoms with van der Waals surface area (Å²) in [4.78, 5) is 37.4. The van der Waals surface area contributed by atoms with Crippen LogP contribution in [0.25, 0.3) is 0 Å². The van der Waals surface area contributed by atoms with Crippen molar-refractivity contribution in [2.45, 2.75) is 39.2 Å². The summed E-state index contributed by atoms with van der Waals surface area (Å²) in [6.45, 7) is 3.81. The van der Waals surface area contributed by atoms with Crippen LogP contribution in [-0.4, -0.2) is 28.8 Å². The van der Waals surface area contributed by atoms with Crippen molar-refractivity contribution >= 4 is 29.0 Å². The number of carboxylic acid groups (broad SMARTS) is 1. The van der Waals surface area contributed by atoms with Gasteiger partial charge in [-0.25, -0.2) is 4.79 Å². The van der Waals surface area contributed by atoms with E-state index < -0.39 is 23.8 Å². The minimum atomic E-state index is -1.06. The van der Waals surface area contributed by atoms with Crippen molar-refractivity contribution in [1.82, 2.24) is 5.32 Å². The first-order valence-electron chi connectivity index (χ1n) is 9.00. The summed E-state index contributed by atoms with van der Waals surface area (Å²) in [5.41, 5.74) is 0.937. The molecule has 0 radical (unpaired) electrons. The highest BCUT2D eigenvalue weighted by atomic mass is 32.1. The quantitative estimate of drug-likeness (QED) is 0.608. The summed E-state index contributed by atoms with van der Waals surface area (Å²) in [7, 11) is 0. The third-order valence-corrected chi connectivity index (χ3v) is 5.16. The number of ketones is 1. The Balaban J connectivity index is 2.15. The van der Waals surface area contributed by atoms with Gasteiger partial charge in [-0.05, 0) is 35.8 Å². The third kappa shape index (κ3) is 6.64. The predicted molar refractivity (Wildman–Crippen MR) is 106 cm³/mol. The zero-order valence-corrected chi connectivity index (χ0v) is 16.4. The maximum absolute atomic E-state index is 12.8. The zero-order chi connectivity index (χ0) is 19.8. The van der Waals surface area contributed by atoms with Crippen molar-refractivity contribution < 1.29 is 19.5 Å². The Morgan fingerprint density at radius 3 is 2.33 bits per heavy atom. The highest BCUT2D eigenvalue weighted by Gasteiger charge is 2.28. The van der Waals surface area contributed by atoms with Gasteiger partial charge in [0.2, 0.25) is 5.91 Å². The normalized spacial score (nSPS) is 13.1. The van der Waals surface area contributed by atoms with Crippen molar-refractivity contribution in [1.29, 1.82) is 0 Å². The van der Waals surface area contributed by atoms with E-state index in [9.17, 15) is 19.5 Å². The van der Waals surface area contributed by atoms with E-state index in [1.807, 2.05) is 49.6 Å². The van der Waals surface area contributed by atoms with Crippen LogP contribution >= 0.6 is 11.3 Å². The highest BCUT2D eigenvalue weighted by molar-refractivity contribution is 7.12. The van der Waals surface area contributed by atoms with Crippen molar-refractivity contribution in [2.24, 2.45) is 11.8 Å². The number of carbonyl (C=O) groups excluding carboxylic acids is 2. The van der Waals surface area contributed by atoms with Crippen LogP contribution in [0.3, 0.4) is 0 Å². The molecule has 2 rings (SSSR count). The van der Waals surface area contributed by atoms with Crippen molar-refractivity contribution in [2.75, 3.05) is 0 Å². The van der Waals surface area contributed by atoms with Crippen LogP contribution in [-0.2, 0) is 16.0 Å². The van der Waals surface area contributed by atoms with Crippen LogP contribution in [0.4, 0.5) is 0 Å². The Morgan fingerprint density at radius 1 is 1.07 bits per heavy atom. The molecule has 1 heterocycles.